The summed E-state index contributed by atoms with van der Waals surface area (Å²) in [7, 11) is -3.25. The molecule has 3 aromatic rings. The zero-order valence-corrected chi connectivity index (χ0v) is 17.1. The zero-order chi connectivity index (χ0) is 20.9. The summed E-state index contributed by atoms with van der Waals surface area (Å²) in [6, 6.07) is 23.1. The van der Waals surface area contributed by atoms with Crippen molar-refractivity contribution in [1.29, 1.82) is 0 Å². The monoisotopic (exact) mass is 409 g/mol. The molecule has 6 heteroatoms. The van der Waals surface area contributed by atoms with E-state index in [-0.39, 0.29) is 16.8 Å². The molecule has 0 radical (unpaired) electrons. The van der Waals surface area contributed by atoms with Crippen molar-refractivity contribution < 1.29 is 17.9 Å². The summed E-state index contributed by atoms with van der Waals surface area (Å²) in [6.07, 6.45) is 1.17. The lowest BCUT2D eigenvalue weighted by Crippen LogP contribution is -2.27. The summed E-state index contributed by atoms with van der Waals surface area (Å²) in [4.78, 5) is 13.0. The molecule has 0 bridgehead atoms. The molecule has 0 spiro atoms. The van der Waals surface area contributed by atoms with Gasteiger partial charge in [-0.1, -0.05) is 54.6 Å². The van der Waals surface area contributed by atoms with Gasteiger partial charge >= 0.3 is 0 Å². The third-order valence-corrected chi connectivity index (χ3v) is 5.65. The number of carbonyl (C=O) groups is 1. The van der Waals surface area contributed by atoms with Crippen molar-refractivity contribution in [2.45, 2.75) is 24.5 Å². The summed E-state index contributed by atoms with van der Waals surface area (Å²) in [5.41, 5.74) is 2.28. The van der Waals surface area contributed by atoms with Crippen molar-refractivity contribution in [3.63, 3.8) is 0 Å². The highest BCUT2D eigenvalue weighted by atomic mass is 32.2. The molecule has 3 rings (SSSR count). The third-order valence-electron chi connectivity index (χ3n) is 4.52. The summed E-state index contributed by atoms with van der Waals surface area (Å²) < 4.78 is 29.0. The molecule has 150 valence electrons. The van der Waals surface area contributed by atoms with Crippen LogP contribution in [0.15, 0.2) is 83.8 Å². The Balaban J connectivity index is 1.70. The second-order valence-corrected chi connectivity index (χ2v) is 8.82. The van der Waals surface area contributed by atoms with E-state index in [2.05, 4.69) is 5.32 Å². The van der Waals surface area contributed by atoms with E-state index >= 15 is 0 Å². The molecule has 0 unspecified atom stereocenters. The molecular weight excluding hydrogens is 386 g/mol. The minimum atomic E-state index is -3.25. The van der Waals surface area contributed by atoms with Crippen LogP contribution in [0.5, 0.6) is 5.75 Å². The SMILES string of the molecule is C[C@@H](NC(=O)c1ccccc1OCc1ccccc1)c1ccc(S(C)(=O)=O)cc1. The van der Waals surface area contributed by atoms with Gasteiger partial charge in [-0.2, -0.15) is 0 Å². The molecule has 0 aliphatic rings. The molecule has 29 heavy (non-hydrogen) atoms. The molecule has 0 saturated carbocycles. The van der Waals surface area contributed by atoms with Crippen LogP contribution in [0.3, 0.4) is 0 Å². The lowest BCUT2D eigenvalue weighted by atomic mass is 10.1. The maximum atomic E-state index is 12.8. The fourth-order valence-electron chi connectivity index (χ4n) is 2.88. The predicted molar refractivity (Wildman–Crippen MR) is 113 cm³/mol. The minimum Gasteiger partial charge on any atom is -0.488 e. The van der Waals surface area contributed by atoms with Crippen LogP contribution in [0.2, 0.25) is 0 Å². The Kier molecular flexibility index (Phi) is 6.34. The van der Waals surface area contributed by atoms with E-state index in [4.69, 9.17) is 4.74 Å². The molecule has 1 atom stereocenters. The first-order chi connectivity index (χ1) is 13.8. The fraction of sp³-hybridized carbons (Fsp3) is 0.174. The summed E-state index contributed by atoms with van der Waals surface area (Å²) in [5.74, 6) is 0.252. The Morgan fingerprint density at radius 1 is 0.931 bits per heavy atom. The number of carbonyl (C=O) groups excluding carboxylic acids is 1. The Morgan fingerprint density at radius 2 is 1.55 bits per heavy atom. The van der Waals surface area contributed by atoms with E-state index in [1.54, 1.807) is 42.5 Å². The van der Waals surface area contributed by atoms with E-state index in [9.17, 15) is 13.2 Å². The highest BCUT2D eigenvalue weighted by molar-refractivity contribution is 7.90. The normalized spacial score (nSPS) is 12.2. The molecule has 0 aromatic heterocycles. The Hall–Kier alpha value is -3.12. The largest absolute Gasteiger partial charge is 0.488 e. The van der Waals surface area contributed by atoms with E-state index in [0.717, 1.165) is 11.1 Å². The number of hydrogen-bond donors (Lipinski definition) is 1. The molecule has 5 nitrogen and oxygen atoms in total. The van der Waals surface area contributed by atoms with Gasteiger partial charge in [0.05, 0.1) is 16.5 Å². The van der Waals surface area contributed by atoms with Crippen LogP contribution in [-0.2, 0) is 16.4 Å². The lowest BCUT2D eigenvalue weighted by molar-refractivity contribution is 0.0935. The maximum absolute atomic E-state index is 12.8. The van der Waals surface area contributed by atoms with Gasteiger partial charge in [0.15, 0.2) is 9.84 Å². The number of sulfone groups is 1. The highest BCUT2D eigenvalue weighted by Crippen LogP contribution is 2.22. The smallest absolute Gasteiger partial charge is 0.255 e. The molecule has 0 aliphatic carbocycles. The molecule has 1 amide bonds. The summed E-state index contributed by atoms with van der Waals surface area (Å²) >= 11 is 0. The molecule has 0 fully saturated rings. The van der Waals surface area contributed by atoms with Crippen LogP contribution >= 0.6 is 0 Å². The van der Waals surface area contributed by atoms with Crippen LogP contribution in [0.4, 0.5) is 0 Å². The molecule has 0 saturated heterocycles. The third kappa shape index (κ3) is 5.45. The average molecular weight is 410 g/mol. The fourth-order valence-corrected chi connectivity index (χ4v) is 3.51. The van der Waals surface area contributed by atoms with Crippen LogP contribution in [0.25, 0.3) is 0 Å². The zero-order valence-electron chi connectivity index (χ0n) is 16.3. The van der Waals surface area contributed by atoms with Gasteiger partial charge in [-0.25, -0.2) is 8.42 Å². The van der Waals surface area contributed by atoms with Gasteiger partial charge in [0.1, 0.15) is 12.4 Å². The quantitative estimate of drug-likeness (QED) is 0.636. The standard InChI is InChI=1S/C23H23NO4S/c1-17(19-12-14-20(15-13-19)29(2,26)27)24-23(25)21-10-6-7-11-22(21)28-16-18-8-4-3-5-9-18/h3-15,17H,16H2,1-2H3,(H,24,25)/t17-/m1/s1. The van der Waals surface area contributed by atoms with Crippen molar-refractivity contribution in [3.8, 4) is 5.75 Å². The molecular formula is C23H23NO4S. The van der Waals surface area contributed by atoms with Gasteiger partial charge in [0.2, 0.25) is 0 Å². The molecule has 3 aromatic carbocycles. The second-order valence-electron chi connectivity index (χ2n) is 6.81. The van der Waals surface area contributed by atoms with Crippen LogP contribution in [0, 0.1) is 0 Å². The van der Waals surface area contributed by atoms with Crippen molar-refractivity contribution in [2.75, 3.05) is 6.26 Å². The number of nitrogens with one attached hydrogen (secondary N) is 1. The summed E-state index contributed by atoms with van der Waals surface area (Å²) in [6.45, 7) is 2.22. The number of amides is 1. The number of ether oxygens (including phenoxy) is 1. The first-order valence-electron chi connectivity index (χ1n) is 9.21. The van der Waals surface area contributed by atoms with Gasteiger partial charge in [0.25, 0.3) is 5.91 Å². The van der Waals surface area contributed by atoms with Crippen molar-refractivity contribution in [1.82, 2.24) is 5.32 Å². The number of hydrogen-bond acceptors (Lipinski definition) is 4. The van der Waals surface area contributed by atoms with Crippen LogP contribution in [0.1, 0.15) is 34.5 Å². The second kappa shape index (κ2) is 8.92. The summed E-state index contributed by atoms with van der Waals surface area (Å²) in [5, 5.41) is 2.94. The Labute approximate surface area is 171 Å². The van der Waals surface area contributed by atoms with Gasteiger partial charge in [-0.05, 0) is 42.3 Å². The van der Waals surface area contributed by atoms with E-state index < -0.39 is 9.84 Å². The lowest BCUT2D eigenvalue weighted by Gasteiger charge is -2.17. The Morgan fingerprint density at radius 3 is 2.21 bits per heavy atom. The van der Waals surface area contributed by atoms with Gasteiger partial charge in [0, 0.05) is 6.26 Å². The Bertz CT molecular complexity index is 1080. The van der Waals surface area contributed by atoms with Crippen molar-refractivity contribution >= 4 is 15.7 Å². The minimum absolute atomic E-state index is 0.249. The molecule has 1 N–H and O–H groups in total. The number of benzene rings is 3. The first-order valence-corrected chi connectivity index (χ1v) is 11.1. The van der Waals surface area contributed by atoms with Gasteiger partial charge < -0.3 is 10.1 Å². The van der Waals surface area contributed by atoms with E-state index in [1.165, 1.54) is 6.26 Å². The van der Waals surface area contributed by atoms with Crippen LogP contribution < -0.4 is 10.1 Å². The van der Waals surface area contributed by atoms with E-state index in [1.807, 2.05) is 43.3 Å². The number of rotatable bonds is 7. The highest BCUT2D eigenvalue weighted by Gasteiger charge is 2.16. The average Bonchev–Trinajstić information content (AvgIpc) is 2.72. The van der Waals surface area contributed by atoms with E-state index in [0.29, 0.717) is 17.9 Å². The van der Waals surface area contributed by atoms with Crippen LogP contribution in [-0.4, -0.2) is 20.6 Å². The topological polar surface area (TPSA) is 72.5 Å². The molecule has 0 heterocycles. The van der Waals surface area contributed by atoms with Gasteiger partial charge in [-0.15, -0.1) is 0 Å². The predicted octanol–water partition coefficient (Wildman–Crippen LogP) is 4.16. The van der Waals surface area contributed by atoms with Crippen molar-refractivity contribution in [2.24, 2.45) is 0 Å². The number of para-hydroxylation sites is 1. The maximum Gasteiger partial charge on any atom is 0.255 e. The first kappa shape index (κ1) is 20.6. The molecule has 0 aliphatic heterocycles. The van der Waals surface area contributed by atoms with Crippen molar-refractivity contribution in [3.05, 3.63) is 95.6 Å². The van der Waals surface area contributed by atoms with Gasteiger partial charge in [-0.3, -0.25) is 4.79 Å².